The molecule has 0 aliphatic rings. The molecule has 0 spiro atoms. The Morgan fingerprint density at radius 1 is 0.667 bits per heavy atom. The van der Waals surface area contributed by atoms with Crippen molar-refractivity contribution in [3.05, 3.63) is 36.4 Å². The van der Waals surface area contributed by atoms with Gasteiger partial charge < -0.3 is 9.47 Å². The molecule has 2 N–H and O–H groups in total. The highest BCUT2D eigenvalue weighted by atomic mass is 32.2. The summed E-state index contributed by atoms with van der Waals surface area (Å²) in [6.45, 7) is 2.19. The van der Waals surface area contributed by atoms with E-state index in [1.54, 1.807) is 0 Å². The number of fused-ring (bicyclic) bond motifs is 2. The molecule has 3 aromatic carbocycles. The minimum atomic E-state index is -4.62. The van der Waals surface area contributed by atoms with Gasteiger partial charge in [0.15, 0.2) is 0 Å². The van der Waals surface area contributed by atoms with Gasteiger partial charge in [0.05, 0.1) is 9.79 Å². The fourth-order valence-corrected chi connectivity index (χ4v) is 3.95. The molecular formula is C18H14O10S2. The summed E-state index contributed by atoms with van der Waals surface area (Å²) in [5, 5.41) is 0.190. The first-order valence-electron chi connectivity index (χ1n) is 8.14. The lowest BCUT2D eigenvalue weighted by atomic mass is 10.0. The number of carbonyl (C=O) groups excluding carboxylic acids is 2. The first-order chi connectivity index (χ1) is 13.8. The first kappa shape index (κ1) is 21.6. The summed E-state index contributed by atoms with van der Waals surface area (Å²) in [6, 6.07) is 6.49. The van der Waals surface area contributed by atoms with E-state index >= 15 is 0 Å². The molecule has 0 radical (unpaired) electrons. The van der Waals surface area contributed by atoms with E-state index in [0.717, 1.165) is 38.1 Å². The number of hydrogen-bond donors (Lipinski definition) is 2. The Morgan fingerprint density at radius 2 is 1.00 bits per heavy atom. The zero-order valence-electron chi connectivity index (χ0n) is 15.4. The van der Waals surface area contributed by atoms with Crippen molar-refractivity contribution in [1.82, 2.24) is 0 Å². The van der Waals surface area contributed by atoms with Crippen molar-refractivity contribution in [2.45, 2.75) is 23.6 Å². The third-order valence-corrected chi connectivity index (χ3v) is 5.75. The van der Waals surface area contributed by atoms with Crippen molar-refractivity contribution in [2.75, 3.05) is 0 Å². The molecule has 3 aromatic rings. The van der Waals surface area contributed by atoms with Gasteiger partial charge in [-0.25, -0.2) is 0 Å². The molecule has 12 heteroatoms. The fourth-order valence-electron chi connectivity index (χ4n) is 2.94. The van der Waals surface area contributed by atoms with Crippen molar-refractivity contribution in [2.24, 2.45) is 0 Å². The average molecular weight is 454 g/mol. The van der Waals surface area contributed by atoms with Gasteiger partial charge in [-0.15, -0.1) is 0 Å². The summed E-state index contributed by atoms with van der Waals surface area (Å²) in [7, 11) is -9.23. The van der Waals surface area contributed by atoms with Crippen LogP contribution >= 0.6 is 0 Å². The highest BCUT2D eigenvalue weighted by molar-refractivity contribution is 7.86. The monoisotopic (exact) mass is 454 g/mol. The minimum absolute atomic E-state index is 0.00341. The number of benzene rings is 3. The summed E-state index contributed by atoms with van der Waals surface area (Å²) in [6.07, 6.45) is 0. The Balaban J connectivity index is 2.59. The van der Waals surface area contributed by atoms with Crippen LogP contribution in [-0.4, -0.2) is 37.9 Å². The molecule has 30 heavy (non-hydrogen) atoms. The number of rotatable bonds is 4. The lowest BCUT2D eigenvalue weighted by Crippen LogP contribution is -2.07. The molecule has 0 aliphatic carbocycles. The predicted octanol–water partition coefficient (Wildman–Crippen LogP) is 2.34. The molecule has 3 rings (SSSR count). The van der Waals surface area contributed by atoms with Gasteiger partial charge in [0.1, 0.15) is 11.5 Å². The Labute approximate surface area is 170 Å². The zero-order chi connectivity index (χ0) is 22.4. The Bertz CT molecular complexity index is 1330. The Hall–Kier alpha value is -3.06. The van der Waals surface area contributed by atoms with Gasteiger partial charge in [0.2, 0.25) is 0 Å². The molecule has 0 amide bonds. The van der Waals surface area contributed by atoms with Gasteiger partial charge in [-0.3, -0.25) is 18.7 Å². The molecule has 0 aliphatic heterocycles. The largest absolute Gasteiger partial charge is 0.425 e. The Morgan fingerprint density at radius 3 is 1.27 bits per heavy atom. The number of esters is 2. The number of carbonyl (C=O) groups is 2. The topological polar surface area (TPSA) is 161 Å². The first-order valence-corrected chi connectivity index (χ1v) is 11.0. The van der Waals surface area contributed by atoms with Gasteiger partial charge in [-0.1, -0.05) is 0 Å². The van der Waals surface area contributed by atoms with Gasteiger partial charge in [-0.2, -0.15) is 16.8 Å². The van der Waals surface area contributed by atoms with Crippen molar-refractivity contribution in [3.8, 4) is 11.5 Å². The van der Waals surface area contributed by atoms with Crippen LogP contribution in [0.15, 0.2) is 46.2 Å². The maximum Gasteiger partial charge on any atom is 0.308 e. The summed E-state index contributed by atoms with van der Waals surface area (Å²) < 4.78 is 75.4. The highest BCUT2D eigenvalue weighted by Gasteiger charge is 2.23. The Kier molecular flexibility index (Phi) is 5.28. The van der Waals surface area contributed by atoms with Gasteiger partial charge in [0, 0.05) is 35.4 Å². The maximum atomic E-state index is 11.7. The highest BCUT2D eigenvalue weighted by Crippen LogP contribution is 2.44. The normalized spacial score (nSPS) is 12.1. The minimum Gasteiger partial charge on any atom is -0.425 e. The quantitative estimate of drug-likeness (QED) is 0.259. The van der Waals surface area contributed by atoms with E-state index in [1.807, 2.05) is 0 Å². The molecule has 0 unspecified atom stereocenters. The second kappa shape index (κ2) is 7.32. The fraction of sp³-hybridized carbons (Fsp3) is 0.111. The van der Waals surface area contributed by atoms with Gasteiger partial charge in [-0.05, 0) is 36.4 Å². The van der Waals surface area contributed by atoms with E-state index in [2.05, 4.69) is 0 Å². The molecule has 0 heterocycles. The van der Waals surface area contributed by atoms with E-state index in [4.69, 9.17) is 9.47 Å². The standard InChI is InChI=1S/C18H14O10S2/c1-9(19)27-17-13-5-3-12(30(24,25)26)8-16(13)18(28-10(2)20)14-6-4-11(7-15(14)17)29(21,22)23/h3-8H,1-2H3,(H,21,22,23)(H,24,25,26). The predicted molar refractivity (Wildman–Crippen MR) is 104 cm³/mol. The van der Waals surface area contributed by atoms with Crippen molar-refractivity contribution in [3.63, 3.8) is 0 Å². The van der Waals surface area contributed by atoms with Crippen molar-refractivity contribution < 1.29 is 45.0 Å². The van der Waals surface area contributed by atoms with Crippen LogP contribution in [0.1, 0.15) is 13.8 Å². The van der Waals surface area contributed by atoms with Crippen LogP contribution in [0.5, 0.6) is 11.5 Å². The van der Waals surface area contributed by atoms with E-state index in [0.29, 0.717) is 0 Å². The third-order valence-electron chi connectivity index (χ3n) is 4.05. The summed E-state index contributed by atoms with van der Waals surface area (Å²) >= 11 is 0. The molecule has 158 valence electrons. The summed E-state index contributed by atoms with van der Waals surface area (Å²) in [5.41, 5.74) is 0. The summed E-state index contributed by atoms with van der Waals surface area (Å²) in [5.74, 6) is -1.85. The van der Waals surface area contributed by atoms with Gasteiger partial charge in [0.25, 0.3) is 20.2 Å². The molecule has 0 saturated carbocycles. The second-order valence-electron chi connectivity index (χ2n) is 6.21. The van der Waals surface area contributed by atoms with Crippen LogP contribution in [0, 0.1) is 0 Å². The van der Waals surface area contributed by atoms with E-state index in [9.17, 15) is 35.5 Å². The molecule has 0 fully saturated rings. The molecule has 0 saturated heterocycles. The van der Waals surface area contributed by atoms with Crippen molar-refractivity contribution >= 4 is 53.7 Å². The number of hydrogen-bond acceptors (Lipinski definition) is 8. The lowest BCUT2D eigenvalue weighted by Gasteiger charge is -2.16. The smallest absolute Gasteiger partial charge is 0.308 e. The molecule has 0 atom stereocenters. The molecular weight excluding hydrogens is 440 g/mol. The molecule has 0 aromatic heterocycles. The molecule has 0 bridgehead atoms. The average Bonchev–Trinajstić information content (AvgIpc) is 2.61. The third kappa shape index (κ3) is 4.11. The zero-order valence-corrected chi connectivity index (χ0v) is 17.1. The molecule has 10 nitrogen and oxygen atoms in total. The van der Waals surface area contributed by atoms with Gasteiger partial charge >= 0.3 is 11.9 Å². The number of ether oxygens (including phenoxy) is 2. The van der Waals surface area contributed by atoms with Crippen LogP contribution in [0.3, 0.4) is 0 Å². The maximum absolute atomic E-state index is 11.7. The van der Waals surface area contributed by atoms with Crippen LogP contribution in [-0.2, 0) is 29.8 Å². The van der Waals surface area contributed by atoms with E-state index in [1.165, 1.54) is 12.1 Å². The van der Waals surface area contributed by atoms with Crippen LogP contribution in [0.2, 0.25) is 0 Å². The van der Waals surface area contributed by atoms with Crippen LogP contribution < -0.4 is 9.47 Å². The van der Waals surface area contributed by atoms with Crippen molar-refractivity contribution in [1.29, 1.82) is 0 Å². The SMILES string of the molecule is CC(=O)Oc1c2ccc(S(=O)(=O)O)cc2c(OC(C)=O)c2ccc(S(=O)(=O)O)cc12. The van der Waals surface area contributed by atoms with Crippen LogP contribution in [0.4, 0.5) is 0 Å². The van der Waals surface area contributed by atoms with E-state index in [-0.39, 0.29) is 33.0 Å². The van der Waals surface area contributed by atoms with Crippen LogP contribution in [0.25, 0.3) is 21.5 Å². The summed E-state index contributed by atoms with van der Waals surface area (Å²) in [4.78, 5) is 22.3. The lowest BCUT2D eigenvalue weighted by molar-refractivity contribution is -0.132. The second-order valence-corrected chi connectivity index (χ2v) is 9.05. The van der Waals surface area contributed by atoms with E-state index < -0.39 is 42.0 Å².